The molecule has 3 fully saturated rings. The summed E-state index contributed by atoms with van der Waals surface area (Å²) < 4.78 is 6.58. The van der Waals surface area contributed by atoms with Crippen LogP contribution in [0, 0.1) is 0 Å². The number of rotatable bonds is 3. The molecular weight excluding hydrogens is 288 g/mol. The van der Waals surface area contributed by atoms with Gasteiger partial charge in [0, 0.05) is 18.7 Å². The van der Waals surface area contributed by atoms with Crippen LogP contribution >= 0.6 is 0 Å². The fraction of sp³-hybridized carbons (Fsp3) is 0.842. The number of likely N-dealkylation sites (tertiary alicyclic amines) is 2. The molecule has 2 atom stereocenters. The van der Waals surface area contributed by atoms with Crippen molar-refractivity contribution in [1.82, 2.24) is 9.80 Å². The number of hydrogen-bond acceptors (Lipinski definition) is 3. The summed E-state index contributed by atoms with van der Waals surface area (Å²) in [5.41, 5.74) is 1.00. The van der Waals surface area contributed by atoms with Crippen molar-refractivity contribution in [3.05, 3.63) is 11.6 Å². The fourth-order valence-electron chi connectivity index (χ4n) is 4.89. The van der Waals surface area contributed by atoms with E-state index in [0.717, 1.165) is 57.3 Å². The summed E-state index contributed by atoms with van der Waals surface area (Å²) in [6, 6.07) is 0. The maximum atomic E-state index is 12.6. The molecule has 4 aliphatic rings. The molecule has 0 aromatic heterocycles. The average molecular weight is 318 g/mol. The van der Waals surface area contributed by atoms with Crippen molar-refractivity contribution in [2.45, 2.75) is 69.5 Å². The van der Waals surface area contributed by atoms with Gasteiger partial charge in [-0.25, -0.2) is 0 Å². The molecule has 1 aliphatic carbocycles. The smallest absolute Gasteiger partial charge is 0.249 e. The topological polar surface area (TPSA) is 32.8 Å². The normalized spacial score (nSPS) is 35.2. The van der Waals surface area contributed by atoms with E-state index >= 15 is 0 Å². The second kappa shape index (κ2) is 6.56. The minimum atomic E-state index is -0.0442. The number of nitrogens with zero attached hydrogens (tertiary/aromatic N) is 2. The summed E-state index contributed by atoms with van der Waals surface area (Å²) in [7, 11) is 0. The molecule has 0 aromatic rings. The largest absolute Gasteiger partial charge is 0.369 e. The maximum absolute atomic E-state index is 12.6. The van der Waals surface area contributed by atoms with E-state index in [0.29, 0.717) is 6.10 Å². The van der Waals surface area contributed by atoms with Gasteiger partial charge in [0.05, 0.1) is 18.2 Å². The average Bonchev–Trinajstić information content (AvgIpc) is 3.28. The molecule has 3 saturated heterocycles. The zero-order chi connectivity index (χ0) is 15.7. The van der Waals surface area contributed by atoms with Crippen molar-refractivity contribution in [2.24, 2.45) is 0 Å². The van der Waals surface area contributed by atoms with Crippen LogP contribution in [0.25, 0.3) is 0 Å². The summed E-state index contributed by atoms with van der Waals surface area (Å²) in [5, 5.41) is 0. The van der Waals surface area contributed by atoms with E-state index in [1.165, 1.54) is 38.8 Å². The molecule has 0 bridgehead atoms. The van der Waals surface area contributed by atoms with Gasteiger partial charge in [-0.15, -0.1) is 0 Å². The van der Waals surface area contributed by atoms with E-state index in [1.807, 2.05) is 0 Å². The number of carbonyl (C=O) groups excluding carboxylic acids is 1. The first-order valence-corrected chi connectivity index (χ1v) is 9.63. The molecular formula is C19H30N2O2. The molecule has 4 nitrogen and oxygen atoms in total. The number of hydrogen-bond donors (Lipinski definition) is 0. The molecule has 4 rings (SSSR count). The Balaban J connectivity index is 1.35. The molecule has 23 heavy (non-hydrogen) atoms. The van der Waals surface area contributed by atoms with E-state index in [2.05, 4.69) is 15.9 Å². The van der Waals surface area contributed by atoms with Crippen molar-refractivity contribution in [1.29, 1.82) is 0 Å². The van der Waals surface area contributed by atoms with Crippen LogP contribution in [-0.4, -0.2) is 60.1 Å². The van der Waals surface area contributed by atoms with Gasteiger partial charge in [-0.3, -0.25) is 4.79 Å². The van der Waals surface area contributed by atoms with Gasteiger partial charge in [-0.2, -0.15) is 0 Å². The Bertz CT molecular complexity index is 484. The molecule has 3 aliphatic heterocycles. The highest BCUT2D eigenvalue weighted by Crippen LogP contribution is 2.38. The number of allylic oxidation sites excluding steroid dienone is 1. The Morgan fingerprint density at radius 1 is 1.17 bits per heavy atom. The molecule has 0 aromatic carbocycles. The Kier molecular flexibility index (Phi) is 4.46. The van der Waals surface area contributed by atoms with E-state index < -0.39 is 0 Å². The SMILES string of the molecule is O=C(C1=CCCC1)N1CC[C@]2(CCC[C@H](CN3CCCC3)O2)C1. The predicted molar refractivity (Wildman–Crippen MR) is 90.3 cm³/mol. The van der Waals surface area contributed by atoms with Crippen LogP contribution in [0.1, 0.15) is 57.8 Å². The third-order valence-corrected chi connectivity index (χ3v) is 6.15. The molecule has 3 heterocycles. The van der Waals surface area contributed by atoms with Gasteiger partial charge in [0.1, 0.15) is 0 Å². The quantitative estimate of drug-likeness (QED) is 0.802. The van der Waals surface area contributed by atoms with Crippen molar-refractivity contribution < 1.29 is 9.53 Å². The van der Waals surface area contributed by atoms with Crippen molar-refractivity contribution in [3.8, 4) is 0 Å². The zero-order valence-corrected chi connectivity index (χ0v) is 14.3. The molecule has 0 saturated carbocycles. The highest BCUT2D eigenvalue weighted by molar-refractivity contribution is 5.94. The van der Waals surface area contributed by atoms with Crippen molar-refractivity contribution >= 4 is 5.91 Å². The molecule has 128 valence electrons. The van der Waals surface area contributed by atoms with Crippen LogP contribution in [0.15, 0.2) is 11.6 Å². The molecule has 0 N–H and O–H groups in total. The lowest BCUT2D eigenvalue weighted by Gasteiger charge is -2.40. The summed E-state index contributed by atoms with van der Waals surface area (Å²) >= 11 is 0. The highest BCUT2D eigenvalue weighted by Gasteiger charge is 2.45. The highest BCUT2D eigenvalue weighted by atomic mass is 16.5. The van der Waals surface area contributed by atoms with Gasteiger partial charge in [-0.05, 0) is 70.9 Å². The minimum Gasteiger partial charge on any atom is -0.369 e. The van der Waals surface area contributed by atoms with Gasteiger partial charge in [0.2, 0.25) is 5.91 Å². The summed E-state index contributed by atoms with van der Waals surface area (Å²) in [4.78, 5) is 17.3. The van der Waals surface area contributed by atoms with Gasteiger partial charge < -0.3 is 14.5 Å². The van der Waals surface area contributed by atoms with Crippen LogP contribution in [0.4, 0.5) is 0 Å². The summed E-state index contributed by atoms with van der Waals surface area (Å²) in [6.45, 7) is 5.28. The number of amides is 1. The molecule has 1 amide bonds. The van der Waals surface area contributed by atoms with Crippen LogP contribution in [0.5, 0.6) is 0 Å². The Morgan fingerprint density at radius 3 is 2.83 bits per heavy atom. The predicted octanol–water partition coefficient (Wildman–Crippen LogP) is 2.73. The zero-order valence-electron chi connectivity index (χ0n) is 14.3. The fourth-order valence-corrected chi connectivity index (χ4v) is 4.89. The third-order valence-electron chi connectivity index (χ3n) is 6.15. The van der Waals surface area contributed by atoms with E-state index in [1.54, 1.807) is 0 Å². The first-order chi connectivity index (χ1) is 11.2. The van der Waals surface area contributed by atoms with E-state index in [9.17, 15) is 4.79 Å². The van der Waals surface area contributed by atoms with Crippen LogP contribution in [-0.2, 0) is 9.53 Å². The summed E-state index contributed by atoms with van der Waals surface area (Å²) in [6.07, 6.45) is 13.0. The second-order valence-corrected chi connectivity index (χ2v) is 7.92. The monoisotopic (exact) mass is 318 g/mol. The lowest BCUT2D eigenvalue weighted by atomic mass is 9.90. The van der Waals surface area contributed by atoms with Crippen LogP contribution in [0.3, 0.4) is 0 Å². The van der Waals surface area contributed by atoms with Gasteiger partial charge in [-0.1, -0.05) is 6.08 Å². The van der Waals surface area contributed by atoms with Gasteiger partial charge >= 0.3 is 0 Å². The Morgan fingerprint density at radius 2 is 2.04 bits per heavy atom. The van der Waals surface area contributed by atoms with Crippen molar-refractivity contribution in [3.63, 3.8) is 0 Å². The van der Waals surface area contributed by atoms with E-state index in [4.69, 9.17) is 4.74 Å². The number of carbonyl (C=O) groups is 1. The third kappa shape index (κ3) is 3.34. The molecule has 0 unspecified atom stereocenters. The van der Waals surface area contributed by atoms with E-state index in [-0.39, 0.29) is 11.5 Å². The standard InChI is InChI=1S/C19H30N2O2/c22-18(16-6-1-2-7-16)21-13-10-19(15-21)9-5-8-17(23-19)14-20-11-3-4-12-20/h6,17H,1-5,7-15H2/t17-,19-/m1/s1. The molecule has 0 radical (unpaired) electrons. The maximum Gasteiger partial charge on any atom is 0.249 e. The van der Waals surface area contributed by atoms with Crippen molar-refractivity contribution in [2.75, 3.05) is 32.7 Å². The second-order valence-electron chi connectivity index (χ2n) is 7.92. The summed E-state index contributed by atoms with van der Waals surface area (Å²) in [5.74, 6) is 0.282. The van der Waals surface area contributed by atoms with Crippen LogP contribution in [0.2, 0.25) is 0 Å². The van der Waals surface area contributed by atoms with Gasteiger partial charge in [0.25, 0.3) is 0 Å². The Labute approximate surface area is 139 Å². The lowest BCUT2D eigenvalue weighted by molar-refractivity contribution is -0.138. The minimum absolute atomic E-state index is 0.0442. The first kappa shape index (κ1) is 15.6. The Hall–Kier alpha value is -0.870. The first-order valence-electron chi connectivity index (χ1n) is 9.63. The van der Waals surface area contributed by atoms with Gasteiger partial charge in [0.15, 0.2) is 0 Å². The van der Waals surface area contributed by atoms with Crippen LogP contribution < -0.4 is 0 Å². The number of ether oxygens (including phenoxy) is 1. The molecule has 4 heteroatoms. The molecule has 1 spiro atoms. The lowest BCUT2D eigenvalue weighted by Crippen LogP contribution is -2.47.